The van der Waals surface area contributed by atoms with E-state index in [1.165, 1.54) is 0 Å². The molecule has 1 N–H and O–H groups in total. The number of hydrogen-bond acceptors (Lipinski definition) is 5. The average molecular weight is 353 g/mol. The van der Waals surface area contributed by atoms with E-state index >= 15 is 0 Å². The van der Waals surface area contributed by atoms with Crippen LogP contribution in [0.3, 0.4) is 0 Å². The number of aromatic nitrogens is 1. The summed E-state index contributed by atoms with van der Waals surface area (Å²) in [5.41, 5.74) is 0.869. The summed E-state index contributed by atoms with van der Waals surface area (Å²) in [6.07, 6.45) is 6.13. The third-order valence-electron chi connectivity index (χ3n) is 4.09. The van der Waals surface area contributed by atoms with Gasteiger partial charge in [-0.15, -0.1) is 0 Å². The van der Waals surface area contributed by atoms with Gasteiger partial charge < -0.3 is 14.8 Å². The molecule has 0 bridgehead atoms. The number of aliphatic imine (C=N–C) groups is 1. The van der Waals surface area contributed by atoms with Crippen LogP contribution >= 0.6 is 0 Å². The van der Waals surface area contributed by atoms with Gasteiger partial charge in [0.05, 0.1) is 12.2 Å². The first kappa shape index (κ1) is 18.2. The molecule has 0 aliphatic carbocycles. The second-order valence-electron chi connectivity index (χ2n) is 6.70. The van der Waals surface area contributed by atoms with Crippen LogP contribution in [0.25, 0.3) is 0 Å². The molecule has 0 spiro atoms. The fraction of sp³-hybridized carbons (Fsp3) is 0.429. The van der Waals surface area contributed by atoms with E-state index in [4.69, 9.17) is 14.5 Å². The molecule has 0 unspecified atom stereocenters. The Hall–Kier alpha value is -2.56. The Morgan fingerprint density at radius 2 is 1.77 bits per heavy atom. The van der Waals surface area contributed by atoms with Crippen LogP contribution in [0.4, 0.5) is 0 Å². The molecule has 5 nitrogen and oxygen atoms in total. The van der Waals surface area contributed by atoms with Crippen LogP contribution < -0.4 is 14.8 Å². The number of pyridine rings is 1. The number of benzene rings is 1. The quantitative estimate of drug-likeness (QED) is 0.816. The molecule has 0 saturated heterocycles. The van der Waals surface area contributed by atoms with Crippen LogP contribution in [0.1, 0.15) is 45.1 Å². The predicted molar refractivity (Wildman–Crippen MR) is 104 cm³/mol. The highest BCUT2D eigenvalue weighted by atomic mass is 16.5. The fourth-order valence-electron chi connectivity index (χ4n) is 2.83. The van der Waals surface area contributed by atoms with Gasteiger partial charge in [-0.2, -0.15) is 0 Å². The Labute approximate surface area is 155 Å². The zero-order chi connectivity index (χ0) is 18.2. The highest BCUT2D eigenvalue weighted by molar-refractivity contribution is 6.00. The van der Waals surface area contributed by atoms with Gasteiger partial charge in [-0.05, 0) is 57.4 Å². The molecule has 1 aliphatic rings. The Kier molecular flexibility index (Phi) is 6.47. The van der Waals surface area contributed by atoms with Crippen LogP contribution in [0.5, 0.6) is 17.4 Å². The van der Waals surface area contributed by atoms with Crippen molar-refractivity contribution in [1.29, 1.82) is 0 Å². The zero-order valence-electron chi connectivity index (χ0n) is 15.6. The molecular formula is C21H27N3O2. The van der Waals surface area contributed by atoms with Crippen molar-refractivity contribution in [3.63, 3.8) is 0 Å². The maximum absolute atomic E-state index is 6.14. The topological polar surface area (TPSA) is 55.7 Å². The summed E-state index contributed by atoms with van der Waals surface area (Å²) in [6, 6.07) is 11.9. The van der Waals surface area contributed by atoms with Crippen LogP contribution in [-0.4, -0.2) is 30.0 Å². The number of para-hydroxylation sites is 2. The first-order valence-electron chi connectivity index (χ1n) is 9.40. The number of nitrogens with one attached hydrogen (secondary N) is 1. The first-order valence-corrected chi connectivity index (χ1v) is 9.40. The molecular weight excluding hydrogens is 326 g/mol. The van der Waals surface area contributed by atoms with E-state index in [1.54, 1.807) is 6.20 Å². The van der Waals surface area contributed by atoms with Gasteiger partial charge in [0.25, 0.3) is 0 Å². The average Bonchev–Trinajstić information content (AvgIpc) is 2.64. The lowest BCUT2D eigenvalue weighted by Gasteiger charge is -2.18. The molecule has 1 aromatic heterocycles. The molecule has 3 rings (SSSR count). The number of nitrogens with zero attached hydrogens (tertiary/aromatic N) is 2. The number of ether oxygens (including phenoxy) is 2. The molecule has 138 valence electrons. The van der Waals surface area contributed by atoms with Gasteiger partial charge >= 0.3 is 0 Å². The third kappa shape index (κ3) is 4.97. The van der Waals surface area contributed by atoms with E-state index in [1.807, 2.05) is 36.4 Å². The normalized spacial score (nSPS) is 15.6. The van der Waals surface area contributed by atoms with Crippen LogP contribution in [0, 0.1) is 0 Å². The minimum atomic E-state index is 0.274. The van der Waals surface area contributed by atoms with Crippen molar-refractivity contribution in [3.05, 3.63) is 48.2 Å². The lowest BCUT2D eigenvalue weighted by molar-refractivity contribution is 0.290. The van der Waals surface area contributed by atoms with Gasteiger partial charge in [-0.25, -0.2) is 4.98 Å². The summed E-state index contributed by atoms with van der Waals surface area (Å²) in [5, 5.41) is 3.44. The molecule has 1 aromatic carbocycles. The second-order valence-corrected chi connectivity index (χ2v) is 6.70. The molecule has 0 radical (unpaired) electrons. The Morgan fingerprint density at radius 3 is 2.62 bits per heavy atom. The lowest BCUT2D eigenvalue weighted by Crippen LogP contribution is -2.31. The summed E-state index contributed by atoms with van der Waals surface area (Å²) in [6.45, 7) is 5.70. The molecule has 26 heavy (non-hydrogen) atoms. The van der Waals surface area contributed by atoms with E-state index in [-0.39, 0.29) is 6.04 Å². The van der Waals surface area contributed by atoms with Gasteiger partial charge in [0.15, 0.2) is 11.5 Å². The van der Waals surface area contributed by atoms with Crippen LogP contribution in [0.15, 0.2) is 47.6 Å². The summed E-state index contributed by atoms with van der Waals surface area (Å²) >= 11 is 0. The Morgan fingerprint density at radius 1 is 0.962 bits per heavy atom. The standard InChI is InChI=1S/C21H27N3O2/c1-16(2)24-20-17-10-9-14-23-21(17)26-19-12-6-5-11-18(19)25-15-8-4-3-7-13-22-20/h5-6,9-12,14,16H,3-4,7-8,13,15H2,1-2H3,(H,22,24). The molecule has 5 heteroatoms. The van der Waals surface area contributed by atoms with Crippen molar-refractivity contribution in [2.75, 3.05) is 13.2 Å². The summed E-state index contributed by atoms with van der Waals surface area (Å²) in [4.78, 5) is 9.25. The smallest absolute Gasteiger partial charge is 0.230 e. The monoisotopic (exact) mass is 353 g/mol. The molecule has 2 heterocycles. The van der Waals surface area contributed by atoms with Crippen LogP contribution in [0.2, 0.25) is 0 Å². The summed E-state index contributed by atoms with van der Waals surface area (Å²) < 4.78 is 12.1. The van der Waals surface area contributed by atoms with Crippen molar-refractivity contribution in [3.8, 4) is 17.4 Å². The van der Waals surface area contributed by atoms with E-state index in [9.17, 15) is 0 Å². The van der Waals surface area contributed by atoms with Crippen molar-refractivity contribution in [2.45, 2.75) is 45.6 Å². The predicted octanol–water partition coefficient (Wildman–Crippen LogP) is 4.57. The number of rotatable bonds is 1. The van der Waals surface area contributed by atoms with Gasteiger partial charge in [0.1, 0.15) is 5.84 Å². The lowest BCUT2D eigenvalue weighted by atomic mass is 10.2. The van der Waals surface area contributed by atoms with Gasteiger partial charge in [-0.1, -0.05) is 18.6 Å². The highest BCUT2D eigenvalue weighted by Crippen LogP contribution is 2.32. The number of amidine groups is 1. The van der Waals surface area contributed by atoms with E-state index in [0.717, 1.165) is 49.4 Å². The molecule has 0 atom stereocenters. The van der Waals surface area contributed by atoms with Crippen molar-refractivity contribution >= 4 is 5.84 Å². The Balaban J connectivity index is 1.99. The first-order chi connectivity index (χ1) is 12.7. The van der Waals surface area contributed by atoms with E-state index in [0.29, 0.717) is 18.2 Å². The van der Waals surface area contributed by atoms with Gasteiger partial charge in [0, 0.05) is 18.8 Å². The molecule has 1 aliphatic heterocycles. The Bertz CT molecular complexity index is 744. The summed E-state index contributed by atoms with van der Waals surface area (Å²) in [5.74, 6) is 2.79. The van der Waals surface area contributed by atoms with E-state index < -0.39 is 0 Å². The molecule has 0 fully saturated rings. The molecule has 2 aromatic rings. The largest absolute Gasteiger partial charge is 0.490 e. The van der Waals surface area contributed by atoms with Gasteiger partial charge in [0.2, 0.25) is 5.88 Å². The molecule has 0 amide bonds. The maximum Gasteiger partial charge on any atom is 0.230 e. The fourth-order valence-corrected chi connectivity index (χ4v) is 2.83. The number of fused-ring (bicyclic) bond motifs is 2. The maximum atomic E-state index is 6.14. The van der Waals surface area contributed by atoms with Crippen molar-refractivity contribution in [1.82, 2.24) is 10.3 Å². The highest BCUT2D eigenvalue weighted by Gasteiger charge is 2.15. The molecule has 0 saturated carbocycles. The third-order valence-corrected chi connectivity index (χ3v) is 4.09. The van der Waals surface area contributed by atoms with Crippen molar-refractivity contribution in [2.24, 2.45) is 4.99 Å². The zero-order valence-corrected chi connectivity index (χ0v) is 15.6. The summed E-state index contributed by atoms with van der Waals surface area (Å²) in [7, 11) is 0. The SMILES string of the molecule is CC(C)NC1=NCCCCCCOc2ccccc2Oc2ncccc21. The van der Waals surface area contributed by atoms with E-state index in [2.05, 4.69) is 24.1 Å². The van der Waals surface area contributed by atoms with Crippen molar-refractivity contribution < 1.29 is 9.47 Å². The number of hydrogen-bond donors (Lipinski definition) is 1. The minimum absolute atomic E-state index is 0.274. The minimum Gasteiger partial charge on any atom is -0.490 e. The van der Waals surface area contributed by atoms with Gasteiger partial charge in [-0.3, -0.25) is 4.99 Å². The second kappa shape index (κ2) is 9.22. The van der Waals surface area contributed by atoms with Crippen LogP contribution in [-0.2, 0) is 0 Å².